The van der Waals surface area contributed by atoms with Crippen molar-refractivity contribution in [2.75, 3.05) is 19.0 Å². The first-order chi connectivity index (χ1) is 13.5. The molecule has 1 fully saturated rings. The van der Waals surface area contributed by atoms with E-state index in [9.17, 15) is 9.59 Å². The second-order valence-electron chi connectivity index (χ2n) is 6.48. The van der Waals surface area contributed by atoms with Crippen LogP contribution in [0.3, 0.4) is 0 Å². The lowest BCUT2D eigenvalue weighted by atomic mass is 10.1. The summed E-state index contributed by atoms with van der Waals surface area (Å²) in [4.78, 5) is 28.7. The van der Waals surface area contributed by atoms with Gasteiger partial charge in [-0.15, -0.1) is 0 Å². The lowest BCUT2D eigenvalue weighted by Gasteiger charge is -2.24. The molecule has 1 unspecified atom stereocenters. The molecule has 7 heteroatoms. The smallest absolute Gasteiger partial charge is 0.252 e. The highest BCUT2D eigenvalue weighted by molar-refractivity contribution is 7.80. The van der Waals surface area contributed by atoms with Crippen molar-refractivity contribution in [3.8, 4) is 5.75 Å². The van der Waals surface area contributed by atoms with E-state index in [0.717, 1.165) is 11.3 Å². The summed E-state index contributed by atoms with van der Waals surface area (Å²) in [5, 5.41) is 3.30. The van der Waals surface area contributed by atoms with Gasteiger partial charge in [-0.3, -0.25) is 14.5 Å². The maximum Gasteiger partial charge on any atom is 0.252 e. The number of ether oxygens (including phenoxy) is 1. The predicted molar refractivity (Wildman–Crippen MR) is 112 cm³/mol. The Hall–Kier alpha value is -2.93. The van der Waals surface area contributed by atoms with Crippen LogP contribution in [-0.2, 0) is 16.1 Å². The number of amides is 2. The molecule has 2 aromatic rings. The number of anilines is 1. The Morgan fingerprint density at radius 2 is 1.82 bits per heavy atom. The van der Waals surface area contributed by atoms with E-state index in [1.165, 1.54) is 0 Å². The van der Waals surface area contributed by atoms with Gasteiger partial charge in [0.2, 0.25) is 5.91 Å². The number of rotatable bonds is 7. The molecule has 0 radical (unpaired) electrons. The summed E-state index contributed by atoms with van der Waals surface area (Å²) in [5.74, 6) is 0.409. The van der Waals surface area contributed by atoms with Crippen molar-refractivity contribution in [1.82, 2.24) is 9.80 Å². The Labute approximate surface area is 170 Å². The van der Waals surface area contributed by atoms with E-state index in [-0.39, 0.29) is 18.2 Å². The van der Waals surface area contributed by atoms with Gasteiger partial charge in [0.25, 0.3) is 5.91 Å². The zero-order chi connectivity index (χ0) is 20.1. The highest BCUT2D eigenvalue weighted by atomic mass is 32.1. The summed E-state index contributed by atoms with van der Waals surface area (Å²) in [5.41, 5.74) is 1.69. The van der Waals surface area contributed by atoms with Crippen molar-refractivity contribution < 1.29 is 14.3 Å². The maximum absolute atomic E-state index is 12.8. The third kappa shape index (κ3) is 4.31. The van der Waals surface area contributed by atoms with Gasteiger partial charge >= 0.3 is 0 Å². The Balaban J connectivity index is 1.75. The van der Waals surface area contributed by atoms with Crippen molar-refractivity contribution in [1.29, 1.82) is 0 Å². The average molecular weight is 398 g/mol. The summed E-state index contributed by atoms with van der Waals surface area (Å²) in [7, 11) is 1.61. The average Bonchev–Trinajstić information content (AvgIpc) is 2.92. The van der Waals surface area contributed by atoms with Crippen LogP contribution in [0.1, 0.15) is 18.9 Å². The van der Waals surface area contributed by atoms with Gasteiger partial charge in [-0.2, -0.15) is 0 Å². The van der Waals surface area contributed by atoms with Crippen LogP contribution in [-0.4, -0.2) is 46.4 Å². The van der Waals surface area contributed by atoms with Gasteiger partial charge in [-0.1, -0.05) is 30.3 Å². The van der Waals surface area contributed by atoms with Gasteiger partial charge in [0, 0.05) is 18.8 Å². The maximum atomic E-state index is 12.8. The number of nitrogens with one attached hydrogen (secondary N) is 1. The molecule has 0 aromatic heterocycles. The van der Waals surface area contributed by atoms with Gasteiger partial charge in [-0.05, 0) is 49.0 Å². The number of hydrogen-bond acceptors (Lipinski definition) is 4. The quantitative estimate of drug-likeness (QED) is 0.728. The lowest BCUT2D eigenvalue weighted by Crippen LogP contribution is -2.37. The van der Waals surface area contributed by atoms with Crippen LogP contribution in [0, 0.1) is 0 Å². The van der Waals surface area contributed by atoms with Crippen LogP contribution in [0.4, 0.5) is 5.69 Å². The van der Waals surface area contributed by atoms with Crippen LogP contribution >= 0.6 is 12.2 Å². The van der Waals surface area contributed by atoms with Gasteiger partial charge in [0.15, 0.2) is 5.11 Å². The highest BCUT2D eigenvalue weighted by Crippen LogP contribution is 2.24. The van der Waals surface area contributed by atoms with E-state index in [1.54, 1.807) is 12.0 Å². The van der Waals surface area contributed by atoms with E-state index in [4.69, 9.17) is 17.0 Å². The van der Waals surface area contributed by atoms with E-state index in [2.05, 4.69) is 5.32 Å². The third-order valence-electron chi connectivity index (χ3n) is 4.67. The number of hydrogen-bond donors (Lipinski definition) is 1. The standard InChI is InChI=1S/C21H23N3O3S/c1-3-23-20(26)18(13-19(25)22-16-7-5-4-6-8-16)24(21(23)28)14-15-9-11-17(27-2)12-10-15/h4-12,18H,3,13-14H2,1-2H3,(H,22,25). The number of methoxy groups -OCH3 is 1. The molecule has 1 saturated heterocycles. The van der Waals surface area contributed by atoms with Gasteiger partial charge in [-0.25, -0.2) is 0 Å². The second-order valence-corrected chi connectivity index (χ2v) is 6.84. The molecule has 1 heterocycles. The molecule has 2 aromatic carbocycles. The SMILES string of the molecule is CCN1C(=O)C(CC(=O)Nc2ccccc2)N(Cc2ccc(OC)cc2)C1=S. The molecule has 2 amide bonds. The molecular formula is C21H23N3O3S. The van der Waals surface area contributed by atoms with E-state index in [0.29, 0.717) is 23.9 Å². The van der Waals surface area contributed by atoms with Crippen molar-refractivity contribution in [2.45, 2.75) is 25.9 Å². The summed E-state index contributed by atoms with van der Waals surface area (Å²) in [6, 6.07) is 16.2. The zero-order valence-electron chi connectivity index (χ0n) is 15.9. The van der Waals surface area contributed by atoms with Gasteiger partial charge in [0.1, 0.15) is 11.8 Å². The highest BCUT2D eigenvalue weighted by Gasteiger charge is 2.42. The number of carbonyl (C=O) groups is 2. The van der Waals surface area contributed by atoms with Gasteiger partial charge < -0.3 is 15.0 Å². The van der Waals surface area contributed by atoms with Crippen LogP contribution in [0.2, 0.25) is 0 Å². The molecule has 1 atom stereocenters. The van der Waals surface area contributed by atoms with Crippen LogP contribution in [0.15, 0.2) is 54.6 Å². The largest absolute Gasteiger partial charge is 0.497 e. The minimum atomic E-state index is -0.613. The molecule has 0 saturated carbocycles. The Kier molecular flexibility index (Phi) is 6.26. The van der Waals surface area contributed by atoms with Crippen molar-refractivity contribution >= 4 is 34.8 Å². The van der Waals surface area contributed by atoms with Gasteiger partial charge in [0.05, 0.1) is 13.5 Å². The fraction of sp³-hybridized carbons (Fsp3) is 0.286. The second kappa shape index (κ2) is 8.84. The normalized spacial score (nSPS) is 16.4. The minimum absolute atomic E-state index is 0.0422. The van der Waals surface area contributed by atoms with Crippen molar-refractivity contribution in [3.05, 3.63) is 60.2 Å². The fourth-order valence-electron chi connectivity index (χ4n) is 3.20. The number of para-hydroxylation sites is 1. The Morgan fingerprint density at radius 1 is 1.14 bits per heavy atom. The molecule has 3 rings (SSSR count). The fourth-order valence-corrected chi connectivity index (χ4v) is 3.61. The summed E-state index contributed by atoms with van der Waals surface area (Å²) >= 11 is 5.52. The molecule has 6 nitrogen and oxygen atoms in total. The van der Waals surface area contributed by atoms with E-state index >= 15 is 0 Å². The molecule has 0 bridgehead atoms. The lowest BCUT2D eigenvalue weighted by molar-refractivity contribution is -0.130. The molecular weight excluding hydrogens is 374 g/mol. The van der Waals surface area contributed by atoms with Crippen LogP contribution < -0.4 is 10.1 Å². The molecule has 1 N–H and O–H groups in total. The summed E-state index contributed by atoms with van der Waals surface area (Å²) in [6.07, 6.45) is 0.0422. The number of nitrogens with zero attached hydrogens (tertiary/aromatic N) is 2. The van der Waals surface area contributed by atoms with Crippen LogP contribution in [0.25, 0.3) is 0 Å². The van der Waals surface area contributed by atoms with Crippen LogP contribution in [0.5, 0.6) is 5.75 Å². The molecule has 0 spiro atoms. The zero-order valence-corrected chi connectivity index (χ0v) is 16.7. The first-order valence-electron chi connectivity index (χ1n) is 9.13. The molecule has 146 valence electrons. The Bertz CT molecular complexity index is 855. The van der Waals surface area contributed by atoms with Crippen molar-refractivity contribution in [2.24, 2.45) is 0 Å². The number of benzene rings is 2. The predicted octanol–water partition coefficient (Wildman–Crippen LogP) is 3.04. The van der Waals surface area contributed by atoms with E-state index < -0.39 is 6.04 Å². The summed E-state index contributed by atoms with van der Waals surface area (Å²) < 4.78 is 5.19. The molecule has 0 aliphatic carbocycles. The molecule has 28 heavy (non-hydrogen) atoms. The number of likely N-dealkylation sites (N-methyl/N-ethyl adjacent to an activating group) is 1. The topological polar surface area (TPSA) is 61.9 Å². The molecule has 1 aliphatic heterocycles. The Morgan fingerprint density at radius 3 is 2.43 bits per heavy atom. The summed E-state index contributed by atoms with van der Waals surface area (Å²) in [6.45, 7) is 2.81. The number of carbonyl (C=O) groups excluding carboxylic acids is 2. The first kappa shape index (κ1) is 19.8. The van der Waals surface area contributed by atoms with E-state index in [1.807, 2.05) is 66.4 Å². The van der Waals surface area contributed by atoms with Crippen molar-refractivity contribution in [3.63, 3.8) is 0 Å². The monoisotopic (exact) mass is 397 g/mol. The molecule has 1 aliphatic rings. The third-order valence-corrected chi connectivity index (χ3v) is 5.12. The first-order valence-corrected chi connectivity index (χ1v) is 9.54. The minimum Gasteiger partial charge on any atom is -0.497 e. The number of thiocarbonyl (C=S) groups is 1.